The van der Waals surface area contributed by atoms with E-state index in [0.29, 0.717) is 11.3 Å². The van der Waals surface area contributed by atoms with Crippen LogP contribution in [0.15, 0.2) is 53.4 Å². The van der Waals surface area contributed by atoms with Gasteiger partial charge in [0.15, 0.2) is 6.10 Å². The Labute approximate surface area is 170 Å². The van der Waals surface area contributed by atoms with Gasteiger partial charge in [0.25, 0.3) is 0 Å². The summed E-state index contributed by atoms with van der Waals surface area (Å²) in [5.74, 6) is -1.22. The normalized spacial score (nSPS) is 12.4. The highest BCUT2D eigenvalue weighted by molar-refractivity contribution is 7.89. The van der Waals surface area contributed by atoms with Crippen molar-refractivity contribution in [3.8, 4) is 0 Å². The number of esters is 1. The third kappa shape index (κ3) is 5.41. The Balaban J connectivity index is 2.34. The van der Waals surface area contributed by atoms with Crippen molar-refractivity contribution in [2.45, 2.75) is 17.9 Å². The van der Waals surface area contributed by atoms with Crippen molar-refractivity contribution in [1.82, 2.24) is 4.31 Å². The van der Waals surface area contributed by atoms with Crippen LogP contribution in [0, 0.1) is 0 Å². The molecule has 0 heterocycles. The number of hydrogen-bond acceptors (Lipinski definition) is 7. The number of Topliss-reactive ketones (excluding diaryl/α,β-unsaturated/α-hetero) is 1. The molecule has 2 N–H and O–H groups in total. The molecule has 0 aliphatic carbocycles. The summed E-state index contributed by atoms with van der Waals surface area (Å²) < 4.78 is 31.1. The van der Waals surface area contributed by atoms with Gasteiger partial charge in [0.05, 0.1) is 17.1 Å². The lowest BCUT2D eigenvalue weighted by atomic mass is 10.1. The van der Waals surface area contributed by atoms with Crippen LogP contribution in [-0.4, -0.2) is 62.9 Å². The van der Waals surface area contributed by atoms with E-state index in [2.05, 4.69) is 5.32 Å². The third-order valence-electron chi connectivity index (χ3n) is 4.13. The van der Waals surface area contributed by atoms with Gasteiger partial charge in [-0.25, -0.2) is 17.5 Å². The molecule has 2 rings (SSSR count). The Morgan fingerprint density at radius 2 is 1.79 bits per heavy atom. The lowest BCUT2D eigenvalue weighted by Crippen LogP contribution is -2.26. The van der Waals surface area contributed by atoms with Gasteiger partial charge < -0.3 is 15.2 Å². The molecule has 9 heteroatoms. The number of anilines is 1. The topological polar surface area (TPSA) is 113 Å². The van der Waals surface area contributed by atoms with E-state index in [1.807, 2.05) is 0 Å². The van der Waals surface area contributed by atoms with Gasteiger partial charge in [0, 0.05) is 31.9 Å². The van der Waals surface area contributed by atoms with Crippen LogP contribution >= 0.6 is 0 Å². The SMILES string of the molecule is C[C@H](OC(=O)c1cc(S(=O)(=O)N(C)C)ccc1NCCO)C(=O)c1ccccc1. The molecule has 2 aromatic rings. The van der Waals surface area contributed by atoms with Gasteiger partial charge in [0.1, 0.15) is 0 Å². The average molecular weight is 420 g/mol. The summed E-state index contributed by atoms with van der Waals surface area (Å²) in [5.41, 5.74) is 0.644. The van der Waals surface area contributed by atoms with Crippen molar-refractivity contribution in [2.24, 2.45) is 0 Å². The number of carbonyl (C=O) groups excluding carboxylic acids is 2. The van der Waals surface area contributed by atoms with E-state index in [1.54, 1.807) is 30.3 Å². The predicted molar refractivity (Wildman–Crippen MR) is 109 cm³/mol. The second-order valence-electron chi connectivity index (χ2n) is 6.42. The maximum atomic E-state index is 12.7. The van der Waals surface area contributed by atoms with Crippen LogP contribution in [0.5, 0.6) is 0 Å². The monoisotopic (exact) mass is 420 g/mol. The molecule has 0 saturated heterocycles. The van der Waals surface area contributed by atoms with Crippen LogP contribution in [0.3, 0.4) is 0 Å². The smallest absolute Gasteiger partial charge is 0.341 e. The number of nitrogens with one attached hydrogen (secondary N) is 1. The summed E-state index contributed by atoms with van der Waals surface area (Å²) in [7, 11) is -1.01. The van der Waals surface area contributed by atoms with Crippen molar-refractivity contribution in [2.75, 3.05) is 32.6 Å². The molecule has 0 aliphatic heterocycles. The molecular formula is C20H24N2O6S. The van der Waals surface area contributed by atoms with Gasteiger partial charge in [0.2, 0.25) is 15.8 Å². The largest absolute Gasteiger partial charge is 0.451 e. The number of sulfonamides is 1. The third-order valence-corrected chi connectivity index (χ3v) is 5.94. The van der Waals surface area contributed by atoms with E-state index in [-0.39, 0.29) is 29.4 Å². The first-order chi connectivity index (χ1) is 13.7. The average Bonchev–Trinajstić information content (AvgIpc) is 2.71. The lowest BCUT2D eigenvalue weighted by Gasteiger charge is -2.17. The molecule has 0 fully saturated rings. The second kappa shape index (κ2) is 9.64. The van der Waals surface area contributed by atoms with E-state index < -0.39 is 22.1 Å². The molecule has 0 amide bonds. The molecule has 0 aromatic heterocycles. The summed E-state index contributed by atoms with van der Waals surface area (Å²) in [4.78, 5) is 25.1. The lowest BCUT2D eigenvalue weighted by molar-refractivity contribution is 0.0319. The number of benzene rings is 2. The number of ether oxygens (including phenoxy) is 1. The number of aliphatic hydroxyl groups is 1. The molecule has 29 heavy (non-hydrogen) atoms. The van der Waals surface area contributed by atoms with Crippen molar-refractivity contribution in [1.29, 1.82) is 0 Å². The molecule has 0 radical (unpaired) electrons. The minimum atomic E-state index is -3.78. The number of hydrogen-bond donors (Lipinski definition) is 2. The molecule has 1 atom stereocenters. The van der Waals surface area contributed by atoms with E-state index in [4.69, 9.17) is 9.84 Å². The quantitative estimate of drug-likeness (QED) is 0.469. The van der Waals surface area contributed by atoms with Crippen LogP contribution in [0.2, 0.25) is 0 Å². The number of carbonyl (C=O) groups is 2. The predicted octanol–water partition coefficient (Wildman–Crippen LogP) is 1.77. The summed E-state index contributed by atoms with van der Waals surface area (Å²) in [6.07, 6.45) is -1.07. The van der Waals surface area contributed by atoms with Crippen molar-refractivity contribution >= 4 is 27.5 Å². The fourth-order valence-corrected chi connectivity index (χ4v) is 3.45. The van der Waals surface area contributed by atoms with Gasteiger partial charge in [-0.1, -0.05) is 30.3 Å². The van der Waals surface area contributed by atoms with Crippen LogP contribution in [0.4, 0.5) is 5.69 Å². The Morgan fingerprint density at radius 1 is 1.14 bits per heavy atom. The fraction of sp³-hybridized carbons (Fsp3) is 0.300. The molecule has 0 bridgehead atoms. The zero-order chi connectivity index (χ0) is 21.6. The van der Waals surface area contributed by atoms with Gasteiger partial charge >= 0.3 is 5.97 Å². The Bertz CT molecular complexity index is 974. The van der Waals surface area contributed by atoms with Crippen LogP contribution in [0.1, 0.15) is 27.6 Å². The zero-order valence-corrected chi connectivity index (χ0v) is 17.3. The highest BCUT2D eigenvalue weighted by atomic mass is 32.2. The molecule has 0 aliphatic rings. The molecule has 8 nitrogen and oxygen atoms in total. The first-order valence-electron chi connectivity index (χ1n) is 8.90. The number of aliphatic hydroxyl groups excluding tert-OH is 1. The zero-order valence-electron chi connectivity index (χ0n) is 16.5. The molecule has 0 saturated carbocycles. The Morgan fingerprint density at radius 3 is 2.38 bits per heavy atom. The maximum absolute atomic E-state index is 12.7. The number of rotatable bonds is 9. The minimum absolute atomic E-state index is 0.0471. The highest BCUT2D eigenvalue weighted by Crippen LogP contribution is 2.24. The van der Waals surface area contributed by atoms with E-state index in [9.17, 15) is 18.0 Å². The van der Waals surface area contributed by atoms with Gasteiger partial charge in [-0.15, -0.1) is 0 Å². The van der Waals surface area contributed by atoms with E-state index in [0.717, 1.165) is 4.31 Å². The molecule has 156 valence electrons. The first kappa shape index (κ1) is 22.5. The second-order valence-corrected chi connectivity index (χ2v) is 8.57. The van der Waals surface area contributed by atoms with E-state index >= 15 is 0 Å². The van der Waals surface area contributed by atoms with Crippen molar-refractivity contribution in [3.63, 3.8) is 0 Å². The number of nitrogens with zero attached hydrogens (tertiary/aromatic N) is 1. The standard InChI is InChI=1S/C20H24N2O6S/c1-14(19(24)15-7-5-4-6-8-15)28-20(25)17-13-16(29(26,27)22(2)3)9-10-18(17)21-11-12-23/h4-10,13-14,21,23H,11-12H2,1-3H3/t14-/m0/s1. The van der Waals surface area contributed by atoms with Crippen LogP contribution in [0.25, 0.3) is 0 Å². The van der Waals surface area contributed by atoms with Gasteiger partial charge in [-0.3, -0.25) is 4.79 Å². The fourth-order valence-electron chi connectivity index (χ4n) is 2.52. The molecule has 0 unspecified atom stereocenters. The van der Waals surface area contributed by atoms with E-state index in [1.165, 1.54) is 39.2 Å². The molecule has 2 aromatic carbocycles. The maximum Gasteiger partial charge on any atom is 0.341 e. The summed E-state index contributed by atoms with van der Waals surface area (Å²) >= 11 is 0. The summed E-state index contributed by atoms with van der Waals surface area (Å²) in [6, 6.07) is 12.4. The van der Waals surface area contributed by atoms with Crippen molar-refractivity contribution in [3.05, 3.63) is 59.7 Å². The Kier molecular flexibility index (Phi) is 7.49. The minimum Gasteiger partial charge on any atom is -0.451 e. The summed E-state index contributed by atoms with van der Waals surface area (Å²) in [6.45, 7) is 1.42. The first-order valence-corrected chi connectivity index (χ1v) is 10.3. The van der Waals surface area contributed by atoms with Crippen LogP contribution < -0.4 is 5.32 Å². The molecule has 0 spiro atoms. The number of ketones is 1. The Hall–Kier alpha value is -2.75. The highest BCUT2D eigenvalue weighted by Gasteiger charge is 2.25. The van der Waals surface area contributed by atoms with Gasteiger partial charge in [-0.2, -0.15) is 0 Å². The van der Waals surface area contributed by atoms with Crippen LogP contribution in [-0.2, 0) is 14.8 Å². The van der Waals surface area contributed by atoms with Gasteiger partial charge in [-0.05, 0) is 25.1 Å². The summed E-state index contributed by atoms with van der Waals surface area (Å²) in [5, 5.41) is 11.9. The van der Waals surface area contributed by atoms with Crippen molar-refractivity contribution < 1.29 is 27.9 Å². The molecular weight excluding hydrogens is 396 g/mol.